The smallest absolute Gasteiger partial charge is 0.387 e. The number of alkyl halides is 2. The highest BCUT2D eigenvalue weighted by atomic mass is 19.3. The molecule has 0 radical (unpaired) electrons. The first-order valence-corrected chi connectivity index (χ1v) is 7.59. The average Bonchev–Trinajstić information content (AvgIpc) is 2.49. The minimum atomic E-state index is -2.79. The van der Waals surface area contributed by atoms with Crippen LogP contribution in [0.3, 0.4) is 0 Å². The van der Waals surface area contributed by atoms with Gasteiger partial charge in [-0.1, -0.05) is 49.1 Å². The number of nitrogens with one attached hydrogen (secondary N) is 1. The molecule has 0 amide bonds. The van der Waals surface area contributed by atoms with Gasteiger partial charge in [0.15, 0.2) is 0 Å². The number of likely N-dealkylation sites (N-methyl/N-ethyl adjacent to an activating group) is 1. The van der Waals surface area contributed by atoms with E-state index in [2.05, 4.69) is 10.1 Å². The molecule has 1 fully saturated rings. The maximum atomic E-state index is 12.5. The van der Waals surface area contributed by atoms with Gasteiger partial charge < -0.3 is 10.1 Å². The predicted molar refractivity (Wildman–Crippen MR) is 81.6 cm³/mol. The first-order valence-electron chi connectivity index (χ1n) is 7.59. The Morgan fingerprint density at radius 2 is 2.00 bits per heavy atom. The molecule has 1 saturated carbocycles. The topological polar surface area (TPSA) is 21.3 Å². The largest absolute Gasteiger partial charge is 0.434 e. The van der Waals surface area contributed by atoms with E-state index in [0.29, 0.717) is 5.92 Å². The second-order valence-corrected chi connectivity index (χ2v) is 5.50. The van der Waals surface area contributed by atoms with Gasteiger partial charge in [0.2, 0.25) is 0 Å². The third-order valence-electron chi connectivity index (χ3n) is 3.99. The van der Waals surface area contributed by atoms with Crippen LogP contribution in [0, 0.1) is 5.92 Å². The van der Waals surface area contributed by atoms with Gasteiger partial charge in [-0.2, -0.15) is 8.78 Å². The molecule has 0 unspecified atom stereocenters. The number of ether oxygens (including phenoxy) is 1. The lowest BCUT2D eigenvalue weighted by atomic mass is 9.83. The zero-order valence-corrected chi connectivity index (χ0v) is 12.4. The Bertz CT molecular complexity index is 468. The van der Waals surface area contributed by atoms with Gasteiger partial charge >= 0.3 is 6.61 Å². The number of halogens is 2. The van der Waals surface area contributed by atoms with Crippen LogP contribution in [-0.4, -0.2) is 20.2 Å². The monoisotopic (exact) mass is 295 g/mol. The molecule has 1 aromatic rings. The molecule has 0 bridgehead atoms. The third-order valence-corrected chi connectivity index (χ3v) is 3.99. The van der Waals surface area contributed by atoms with E-state index in [4.69, 9.17) is 0 Å². The minimum Gasteiger partial charge on any atom is -0.434 e. The van der Waals surface area contributed by atoms with Crippen molar-refractivity contribution in [1.82, 2.24) is 5.32 Å². The van der Waals surface area contributed by atoms with E-state index >= 15 is 0 Å². The lowest BCUT2D eigenvalue weighted by molar-refractivity contribution is -0.0499. The van der Waals surface area contributed by atoms with Gasteiger partial charge in [-0.15, -0.1) is 0 Å². The molecule has 2 nitrogen and oxygen atoms in total. The zero-order chi connectivity index (χ0) is 15.1. The summed E-state index contributed by atoms with van der Waals surface area (Å²) >= 11 is 0. The summed E-state index contributed by atoms with van der Waals surface area (Å²) in [5.41, 5.74) is 2.01. The fourth-order valence-electron chi connectivity index (χ4n) is 2.99. The van der Waals surface area contributed by atoms with Gasteiger partial charge in [0.1, 0.15) is 5.75 Å². The molecular formula is C17H23F2NO. The van der Waals surface area contributed by atoms with Gasteiger partial charge in [-0.3, -0.25) is 0 Å². The van der Waals surface area contributed by atoms with Crippen LogP contribution in [0.1, 0.15) is 37.7 Å². The molecule has 2 rings (SSSR count). The van der Waals surface area contributed by atoms with Crippen LogP contribution in [0.4, 0.5) is 8.78 Å². The highest BCUT2D eigenvalue weighted by Crippen LogP contribution is 2.32. The average molecular weight is 295 g/mol. The van der Waals surface area contributed by atoms with Crippen LogP contribution in [0.5, 0.6) is 5.75 Å². The summed E-state index contributed by atoms with van der Waals surface area (Å²) < 4.78 is 29.6. The fourth-order valence-corrected chi connectivity index (χ4v) is 2.99. The summed E-state index contributed by atoms with van der Waals surface area (Å²) in [4.78, 5) is 0. The zero-order valence-electron chi connectivity index (χ0n) is 12.4. The molecule has 0 aromatic heterocycles. The summed E-state index contributed by atoms with van der Waals surface area (Å²) in [7, 11) is 1.91. The standard InChI is InChI=1S/C17H23F2NO/c1-20-12-15(13-7-3-2-4-8-13)11-14-9-5-6-10-16(14)21-17(18)19/h5-6,9-11,13,17,20H,2-4,7-8,12H2,1H3/b15-11-. The van der Waals surface area contributed by atoms with Gasteiger partial charge in [0.05, 0.1) is 0 Å². The SMILES string of the molecule is CNC/C(=C/c1ccccc1OC(F)F)C1CCCCC1. The van der Waals surface area contributed by atoms with Crippen molar-refractivity contribution in [2.45, 2.75) is 38.7 Å². The molecule has 1 aromatic carbocycles. The molecule has 4 heteroatoms. The molecule has 0 saturated heterocycles. The Hall–Kier alpha value is -1.42. The van der Waals surface area contributed by atoms with Crippen LogP contribution >= 0.6 is 0 Å². The molecule has 1 N–H and O–H groups in total. The summed E-state index contributed by atoms with van der Waals surface area (Å²) in [6.07, 6.45) is 8.19. The first kappa shape index (κ1) is 16.0. The van der Waals surface area contributed by atoms with E-state index in [1.807, 2.05) is 25.3 Å². The lowest BCUT2D eigenvalue weighted by Gasteiger charge is -2.25. The lowest BCUT2D eigenvalue weighted by Crippen LogP contribution is -2.19. The molecule has 1 aliphatic rings. The Labute approximate surface area is 125 Å². The van der Waals surface area contributed by atoms with Crippen molar-refractivity contribution in [3.8, 4) is 5.75 Å². The molecule has 0 aliphatic heterocycles. The second-order valence-electron chi connectivity index (χ2n) is 5.50. The maximum Gasteiger partial charge on any atom is 0.387 e. The number of hydrogen-bond acceptors (Lipinski definition) is 2. The van der Waals surface area contributed by atoms with Crippen molar-refractivity contribution in [2.24, 2.45) is 5.92 Å². The Kier molecular flexibility index (Phi) is 6.18. The first-order chi connectivity index (χ1) is 10.2. The summed E-state index contributed by atoms with van der Waals surface area (Å²) in [5, 5.41) is 3.19. The van der Waals surface area contributed by atoms with Crippen LogP contribution in [0.15, 0.2) is 29.8 Å². The van der Waals surface area contributed by atoms with Crippen molar-refractivity contribution in [2.75, 3.05) is 13.6 Å². The van der Waals surface area contributed by atoms with Gasteiger partial charge in [0.25, 0.3) is 0 Å². The van der Waals surface area contributed by atoms with Crippen LogP contribution < -0.4 is 10.1 Å². The number of benzene rings is 1. The van der Waals surface area contributed by atoms with E-state index < -0.39 is 6.61 Å². The second kappa shape index (κ2) is 8.13. The summed E-state index contributed by atoms with van der Waals surface area (Å²) in [5.74, 6) is 0.794. The number of para-hydroxylation sites is 1. The fraction of sp³-hybridized carbons (Fsp3) is 0.529. The number of rotatable bonds is 6. The summed E-state index contributed by atoms with van der Waals surface area (Å²) in [6, 6.07) is 6.99. The summed E-state index contributed by atoms with van der Waals surface area (Å²) in [6.45, 7) is -2.00. The highest BCUT2D eigenvalue weighted by Gasteiger charge is 2.18. The third kappa shape index (κ3) is 4.81. The quantitative estimate of drug-likeness (QED) is 0.836. The highest BCUT2D eigenvalue weighted by molar-refractivity contribution is 5.60. The normalized spacial score (nSPS) is 17.2. The van der Waals surface area contributed by atoms with Crippen molar-refractivity contribution >= 4 is 6.08 Å². The predicted octanol–water partition coefficient (Wildman–Crippen LogP) is 4.47. The minimum absolute atomic E-state index is 0.247. The van der Waals surface area contributed by atoms with Crippen molar-refractivity contribution < 1.29 is 13.5 Å². The van der Waals surface area contributed by atoms with Crippen LogP contribution in [0.2, 0.25) is 0 Å². The van der Waals surface area contributed by atoms with Crippen molar-refractivity contribution in [3.63, 3.8) is 0 Å². The Morgan fingerprint density at radius 3 is 2.67 bits per heavy atom. The molecular weight excluding hydrogens is 272 g/mol. The van der Waals surface area contributed by atoms with E-state index in [1.54, 1.807) is 12.1 Å². The maximum absolute atomic E-state index is 12.5. The Balaban J connectivity index is 2.24. The molecule has 1 aliphatic carbocycles. The van der Waals surface area contributed by atoms with Gasteiger partial charge in [0, 0.05) is 12.1 Å². The van der Waals surface area contributed by atoms with E-state index in [1.165, 1.54) is 37.7 Å². The molecule has 0 atom stereocenters. The molecule has 21 heavy (non-hydrogen) atoms. The van der Waals surface area contributed by atoms with Gasteiger partial charge in [-0.25, -0.2) is 0 Å². The van der Waals surface area contributed by atoms with E-state index in [0.717, 1.165) is 12.1 Å². The van der Waals surface area contributed by atoms with Crippen LogP contribution in [0.25, 0.3) is 6.08 Å². The van der Waals surface area contributed by atoms with Gasteiger partial charge in [-0.05, 0) is 31.9 Å². The van der Waals surface area contributed by atoms with Crippen molar-refractivity contribution in [3.05, 3.63) is 35.4 Å². The van der Waals surface area contributed by atoms with Crippen molar-refractivity contribution in [1.29, 1.82) is 0 Å². The van der Waals surface area contributed by atoms with E-state index in [9.17, 15) is 8.78 Å². The molecule has 116 valence electrons. The molecule has 0 spiro atoms. The van der Waals surface area contributed by atoms with E-state index in [-0.39, 0.29) is 5.75 Å². The Morgan fingerprint density at radius 1 is 1.29 bits per heavy atom. The number of hydrogen-bond donors (Lipinski definition) is 1. The molecule has 0 heterocycles. The van der Waals surface area contributed by atoms with Crippen LogP contribution in [-0.2, 0) is 0 Å².